The molecule has 0 bridgehead atoms. The van der Waals surface area contributed by atoms with Gasteiger partial charge in [0.25, 0.3) is 5.91 Å². The van der Waals surface area contributed by atoms with Gasteiger partial charge < -0.3 is 14.5 Å². The highest BCUT2D eigenvalue weighted by atomic mass is 32.2. The first kappa shape index (κ1) is 20.7. The molecule has 7 nitrogen and oxygen atoms in total. The number of benzene rings is 2. The summed E-state index contributed by atoms with van der Waals surface area (Å²) in [4.78, 5) is 12.7. The SMILES string of the molecule is COc1ccccc1-n1c(C)nnc1SCc1ccccc1C(=O)NCc1ccco1. The maximum atomic E-state index is 12.7. The Balaban J connectivity index is 1.53. The fourth-order valence-corrected chi connectivity index (χ4v) is 4.21. The molecule has 4 rings (SSSR count). The second kappa shape index (κ2) is 9.53. The Morgan fingerprint density at radius 2 is 1.90 bits per heavy atom. The lowest BCUT2D eigenvalue weighted by molar-refractivity contribution is 0.0947. The Labute approximate surface area is 184 Å². The molecular formula is C23H22N4O3S. The predicted molar refractivity (Wildman–Crippen MR) is 119 cm³/mol. The number of nitrogens with one attached hydrogen (secondary N) is 1. The fraction of sp³-hybridized carbons (Fsp3) is 0.174. The van der Waals surface area contributed by atoms with E-state index in [1.54, 1.807) is 19.4 Å². The van der Waals surface area contributed by atoms with Crippen molar-refractivity contribution in [2.75, 3.05) is 7.11 Å². The van der Waals surface area contributed by atoms with E-state index >= 15 is 0 Å². The first-order valence-corrected chi connectivity index (χ1v) is 10.7. The van der Waals surface area contributed by atoms with E-state index in [-0.39, 0.29) is 5.91 Å². The van der Waals surface area contributed by atoms with Crippen LogP contribution in [0, 0.1) is 6.92 Å². The number of ether oxygens (including phenoxy) is 1. The number of aryl methyl sites for hydroxylation is 1. The van der Waals surface area contributed by atoms with Gasteiger partial charge in [-0.2, -0.15) is 0 Å². The number of carbonyl (C=O) groups is 1. The summed E-state index contributed by atoms with van der Waals surface area (Å²) in [5.74, 6) is 2.63. The van der Waals surface area contributed by atoms with Crippen LogP contribution in [0.4, 0.5) is 0 Å². The molecule has 0 saturated carbocycles. The number of aromatic nitrogens is 3. The van der Waals surface area contributed by atoms with Crippen LogP contribution in [0.2, 0.25) is 0 Å². The molecule has 1 N–H and O–H groups in total. The highest BCUT2D eigenvalue weighted by Gasteiger charge is 2.17. The molecule has 0 fully saturated rings. The van der Waals surface area contributed by atoms with E-state index in [2.05, 4.69) is 15.5 Å². The van der Waals surface area contributed by atoms with Crippen LogP contribution in [0.25, 0.3) is 5.69 Å². The van der Waals surface area contributed by atoms with Crippen LogP contribution in [0.5, 0.6) is 5.75 Å². The lowest BCUT2D eigenvalue weighted by Gasteiger charge is -2.13. The number of furan rings is 1. The highest BCUT2D eigenvalue weighted by molar-refractivity contribution is 7.98. The molecular weight excluding hydrogens is 412 g/mol. The largest absolute Gasteiger partial charge is 0.495 e. The van der Waals surface area contributed by atoms with Gasteiger partial charge in [-0.3, -0.25) is 9.36 Å². The number of nitrogens with zero attached hydrogens (tertiary/aromatic N) is 3. The standard InChI is InChI=1S/C23H22N4O3S/c1-16-25-26-23(27(16)20-11-5-6-12-21(20)29-2)31-15-17-8-3-4-10-19(17)22(28)24-14-18-9-7-13-30-18/h3-13H,14-15H2,1-2H3,(H,24,28). The van der Waals surface area contributed by atoms with Crippen LogP contribution in [0.1, 0.15) is 27.5 Å². The summed E-state index contributed by atoms with van der Waals surface area (Å²) in [5.41, 5.74) is 2.41. The summed E-state index contributed by atoms with van der Waals surface area (Å²) >= 11 is 1.52. The molecule has 0 aliphatic heterocycles. The van der Waals surface area contributed by atoms with E-state index < -0.39 is 0 Å². The van der Waals surface area contributed by atoms with Crippen molar-refractivity contribution in [3.05, 3.63) is 89.6 Å². The molecule has 31 heavy (non-hydrogen) atoms. The Bertz CT molecular complexity index is 1170. The summed E-state index contributed by atoms with van der Waals surface area (Å²) in [7, 11) is 1.64. The molecule has 2 aromatic heterocycles. The molecule has 0 aliphatic carbocycles. The van der Waals surface area contributed by atoms with Crippen molar-refractivity contribution in [1.29, 1.82) is 0 Å². The van der Waals surface area contributed by atoms with Crippen molar-refractivity contribution in [3.63, 3.8) is 0 Å². The molecule has 0 unspecified atom stereocenters. The zero-order valence-corrected chi connectivity index (χ0v) is 18.1. The minimum atomic E-state index is -0.144. The van der Waals surface area contributed by atoms with Crippen molar-refractivity contribution in [3.8, 4) is 11.4 Å². The summed E-state index contributed by atoms with van der Waals surface area (Å²) in [6.07, 6.45) is 1.59. The lowest BCUT2D eigenvalue weighted by Crippen LogP contribution is -2.23. The molecule has 2 aromatic carbocycles. The van der Waals surface area contributed by atoms with E-state index in [1.165, 1.54) is 11.8 Å². The van der Waals surface area contributed by atoms with Gasteiger partial charge >= 0.3 is 0 Å². The van der Waals surface area contributed by atoms with E-state index in [0.29, 0.717) is 23.6 Å². The normalized spacial score (nSPS) is 10.8. The van der Waals surface area contributed by atoms with Crippen LogP contribution in [0.3, 0.4) is 0 Å². The number of rotatable bonds is 8. The third kappa shape index (κ3) is 4.64. The van der Waals surface area contributed by atoms with Crippen LogP contribution in [-0.4, -0.2) is 27.8 Å². The molecule has 158 valence electrons. The zero-order chi connectivity index (χ0) is 21.6. The fourth-order valence-electron chi connectivity index (χ4n) is 3.21. The van der Waals surface area contributed by atoms with Crippen molar-refractivity contribution in [2.45, 2.75) is 24.4 Å². The second-order valence-corrected chi connectivity index (χ2v) is 7.69. The van der Waals surface area contributed by atoms with Gasteiger partial charge in [0.2, 0.25) is 0 Å². The summed E-state index contributed by atoms with van der Waals surface area (Å²) in [5, 5.41) is 12.2. The van der Waals surface area contributed by atoms with E-state index in [4.69, 9.17) is 9.15 Å². The number of hydrogen-bond acceptors (Lipinski definition) is 6. The number of methoxy groups -OCH3 is 1. The van der Waals surface area contributed by atoms with Crippen LogP contribution >= 0.6 is 11.8 Å². The van der Waals surface area contributed by atoms with Gasteiger partial charge in [-0.1, -0.05) is 42.1 Å². The Morgan fingerprint density at radius 3 is 2.71 bits per heavy atom. The zero-order valence-electron chi connectivity index (χ0n) is 17.2. The van der Waals surface area contributed by atoms with Gasteiger partial charge in [-0.05, 0) is 42.8 Å². The average Bonchev–Trinajstić information content (AvgIpc) is 3.45. The predicted octanol–water partition coefficient (Wildman–Crippen LogP) is 4.40. The van der Waals surface area contributed by atoms with Gasteiger partial charge in [0.15, 0.2) is 5.16 Å². The van der Waals surface area contributed by atoms with Crippen molar-refractivity contribution >= 4 is 17.7 Å². The van der Waals surface area contributed by atoms with Crippen molar-refractivity contribution < 1.29 is 13.9 Å². The minimum absolute atomic E-state index is 0.144. The quantitative estimate of drug-likeness (QED) is 0.414. The van der Waals surface area contributed by atoms with Gasteiger partial charge in [-0.15, -0.1) is 10.2 Å². The first-order chi connectivity index (χ1) is 15.2. The van der Waals surface area contributed by atoms with Crippen LogP contribution in [-0.2, 0) is 12.3 Å². The third-order valence-corrected chi connectivity index (χ3v) is 5.72. The molecule has 8 heteroatoms. The molecule has 4 aromatic rings. The Kier molecular flexibility index (Phi) is 6.37. The molecule has 0 atom stereocenters. The number of carbonyl (C=O) groups excluding carboxylic acids is 1. The van der Waals surface area contributed by atoms with Crippen LogP contribution in [0.15, 0.2) is 76.5 Å². The molecule has 1 amide bonds. The Hall–Kier alpha value is -3.52. The summed E-state index contributed by atoms with van der Waals surface area (Å²) in [6.45, 7) is 2.24. The van der Waals surface area contributed by atoms with E-state index in [1.807, 2.05) is 66.1 Å². The molecule has 0 radical (unpaired) electrons. The minimum Gasteiger partial charge on any atom is -0.495 e. The van der Waals surface area contributed by atoms with Crippen molar-refractivity contribution in [1.82, 2.24) is 20.1 Å². The van der Waals surface area contributed by atoms with Gasteiger partial charge in [-0.25, -0.2) is 0 Å². The lowest BCUT2D eigenvalue weighted by atomic mass is 10.1. The number of thioether (sulfide) groups is 1. The number of para-hydroxylation sites is 2. The molecule has 0 spiro atoms. The van der Waals surface area contributed by atoms with Crippen LogP contribution < -0.4 is 10.1 Å². The maximum absolute atomic E-state index is 12.7. The summed E-state index contributed by atoms with van der Waals surface area (Å²) < 4.78 is 12.7. The van der Waals surface area contributed by atoms with Gasteiger partial charge in [0.1, 0.15) is 17.3 Å². The third-order valence-electron chi connectivity index (χ3n) is 4.74. The number of amides is 1. The highest BCUT2D eigenvalue weighted by Crippen LogP contribution is 2.30. The maximum Gasteiger partial charge on any atom is 0.251 e. The van der Waals surface area contributed by atoms with E-state index in [0.717, 1.165) is 28.0 Å². The Morgan fingerprint density at radius 1 is 1.10 bits per heavy atom. The molecule has 0 saturated heterocycles. The average molecular weight is 435 g/mol. The van der Waals surface area contributed by atoms with Crippen molar-refractivity contribution in [2.24, 2.45) is 0 Å². The van der Waals surface area contributed by atoms with Gasteiger partial charge in [0.05, 0.1) is 25.6 Å². The summed E-state index contributed by atoms with van der Waals surface area (Å²) in [6, 6.07) is 18.9. The molecule has 0 aliphatic rings. The molecule has 2 heterocycles. The first-order valence-electron chi connectivity index (χ1n) is 9.74. The monoisotopic (exact) mass is 434 g/mol. The number of hydrogen-bond donors (Lipinski definition) is 1. The van der Waals surface area contributed by atoms with Gasteiger partial charge in [0, 0.05) is 11.3 Å². The topological polar surface area (TPSA) is 82.2 Å². The second-order valence-electron chi connectivity index (χ2n) is 6.74. The smallest absolute Gasteiger partial charge is 0.251 e. The van der Waals surface area contributed by atoms with E-state index in [9.17, 15) is 4.79 Å².